The molecular weight excluding hydrogens is 204 g/mol. The van der Waals surface area contributed by atoms with E-state index in [0.717, 1.165) is 0 Å². The average molecular weight is 222 g/mol. The molecule has 2 atom stereocenters. The van der Waals surface area contributed by atoms with Gasteiger partial charge in [-0.25, -0.2) is 8.42 Å². The maximum absolute atomic E-state index is 11.6. The minimum absolute atomic E-state index is 0.0707. The molecule has 1 heterocycles. The first-order chi connectivity index (χ1) is 6.49. The first-order valence-electron chi connectivity index (χ1n) is 4.83. The van der Waals surface area contributed by atoms with Crippen molar-refractivity contribution < 1.29 is 13.2 Å². The number of morpholine rings is 1. The van der Waals surface area contributed by atoms with Crippen molar-refractivity contribution in [2.45, 2.75) is 26.1 Å². The Morgan fingerprint density at radius 2 is 2.14 bits per heavy atom. The highest BCUT2D eigenvalue weighted by Gasteiger charge is 2.30. The van der Waals surface area contributed by atoms with Crippen LogP contribution in [0.5, 0.6) is 0 Å². The summed E-state index contributed by atoms with van der Waals surface area (Å²) in [4.78, 5) is 0. The standard InChI is InChI=1S/C8H18N2O3S/c1-3-14(11,12)10-5-7(2)13-8(4-9)6-10/h7-8H,3-6,9H2,1-2H3. The Kier molecular flexibility index (Phi) is 3.88. The molecule has 1 fully saturated rings. The zero-order chi connectivity index (χ0) is 10.8. The predicted molar refractivity (Wildman–Crippen MR) is 54.4 cm³/mol. The molecule has 5 nitrogen and oxygen atoms in total. The highest BCUT2D eigenvalue weighted by atomic mass is 32.2. The van der Waals surface area contributed by atoms with Crippen molar-refractivity contribution >= 4 is 10.0 Å². The molecule has 1 rings (SSSR count). The van der Waals surface area contributed by atoms with Crippen molar-refractivity contribution in [1.29, 1.82) is 0 Å². The summed E-state index contributed by atoms with van der Waals surface area (Å²) < 4.78 is 30.1. The fraction of sp³-hybridized carbons (Fsp3) is 1.00. The first kappa shape index (κ1) is 11.9. The van der Waals surface area contributed by atoms with Crippen LogP contribution in [0.25, 0.3) is 0 Å². The molecule has 0 saturated carbocycles. The predicted octanol–water partition coefficient (Wildman–Crippen LogP) is -0.616. The zero-order valence-corrected chi connectivity index (χ0v) is 9.46. The normalized spacial score (nSPS) is 30.5. The maximum Gasteiger partial charge on any atom is 0.214 e. The molecule has 0 radical (unpaired) electrons. The van der Waals surface area contributed by atoms with Crippen LogP contribution < -0.4 is 5.73 Å². The van der Waals surface area contributed by atoms with Crippen molar-refractivity contribution in [3.8, 4) is 0 Å². The summed E-state index contributed by atoms with van der Waals surface area (Å²) in [6.07, 6.45) is -0.237. The molecule has 0 aromatic heterocycles. The van der Waals surface area contributed by atoms with Crippen LogP contribution in [-0.4, -0.2) is 50.3 Å². The Balaban J connectivity index is 2.71. The van der Waals surface area contributed by atoms with Gasteiger partial charge in [-0.3, -0.25) is 0 Å². The molecular formula is C8H18N2O3S. The van der Waals surface area contributed by atoms with Crippen molar-refractivity contribution in [3.63, 3.8) is 0 Å². The third-order valence-electron chi connectivity index (χ3n) is 2.31. The van der Waals surface area contributed by atoms with Crippen molar-refractivity contribution in [1.82, 2.24) is 4.31 Å². The molecule has 2 unspecified atom stereocenters. The summed E-state index contributed by atoms with van der Waals surface area (Å²) in [5.41, 5.74) is 5.47. The summed E-state index contributed by atoms with van der Waals surface area (Å²) in [5, 5.41) is 0. The molecule has 1 aliphatic heterocycles. The zero-order valence-electron chi connectivity index (χ0n) is 8.64. The van der Waals surface area contributed by atoms with Gasteiger partial charge in [-0.2, -0.15) is 4.31 Å². The average Bonchev–Trinajstić information content (AvgIpc) is 2.16. The Morgan fingerprint density at radius 3 is 2.64 bits per heavy atom. The second-order valence-corrected chi connectivity index (χ2v) is 5.78. The lowest BCUT2D eigenvalue weighted by molar-refractivity contribution is -0.0485. The topological polar surface area (TPSA) is 72.6 Å². The van der Waals surface area contributed by atoms with Gasteiger partial charge in [0.25, 0.3) is 0 Å². The maximum atomic E-state index is 11.6. The Morgan fingerprint density at radius 1 is 1.50 bits per heavy atom. The van der Waals surface area contributed by atoms with E-state index in [9.17, 15) is 8.42 Å². The Hall–Kier alpha value is -0.170. The second-order valence-electron chi connectivity index (χ2n) is 3.52. The molecule has 0 aliphatic carbocycles. The summed E-state index contributed by atoms with van der Waals surface area (Å²) in [7, 11) is -3.10. The van der Waals surface area contributed by atoms with Gasteiger partial charge in [0.05, 0.1) is 18.0 Å². The summed E-state index contributed by atoms with van der Waals surface area (Å²) in [6, 6.07) is 0. The molecule has 14 heavy (non-hydrogen) atoms. The molecule has 1 aliphatic rings. The summed E-state index contributed by atoms with van der Waals surface area (Å²) >= 11 is 0. The third kappa shape index (κ3) is 2.66. The van der Waals surface area contributed by atoms with E-state index in [4.69, 9.17) is 10.5 Å². The molecule has 1 saturated heterocycles. The largest absolute Gasteiger partial charge is 0.371 e. The molecule has 2 N–H and O–H groups in total. The van der Waals surface area contributed by atoms with Crippen LogP contribution >= 0.6 is 0 Å². The van der Waals surface area contributed by atoms with E-state index in [2.05, 4.69) is 0 Å². The van der Waals surface area contributed by atoms with Crippen molar-refractivity contribution in [2.24, 2.45) is 5.73 Å². The molecule has 0 amide bonds. The highest BCUT2D eigenvalue weighted by molar-refractivity contribution is 7.89. The Bertz CT molecular complexity index is 278. The van der Waals surface area contributed by atoms with Crippen molar-refractivity contribution in [2.75, 3.05) is 25.4 Å². The van der Waals surface area contributed by atoms with Crippen LogP contribution in [0.1, 0.15) is 13.8 Å². The van der Waals surface area contributed by atoms with E-state index in [1.807, 2.05) is 6.92 Å². The van der Waals surface area contributed by atoms with Gasteiger partial charge in [-0.1, -0.05) is 0 Å². The lowest BCUT2D eigenvalue weighted by atomic mass is 10.2. The fourth-order valence-corrected chi connectivity index (χ4v) is 2.74. The fourth-order valence-electron chi connectivity index (χ4n) is 1.54. The minimum Gasteiger partial charge on any atom is -0.371 e. The van der Waals surface area contributed by atoms with Gasteiger partial charge in [0.2, 0.25) is 10.0 Å². The van der Waals surface area contributed by atoms with E-state index < -0.39 is 10.0 Å². The molecule has 84 valence electrons. The number of sulfonamides is 1. The number of rotatable bonds is 3. The third-order valence-corrected chi connectivity index (χ3v) is 4.13. The van der Waals surface area contributed by atoms with Crippen LogP contribution in [0.2, 0.25) is 0 Å². The van der Waals surface area contributed by atoms with Gasteiger partial charge in [0.15, 0.2) is 0 Å². The van der Waals surface area contributed by atoms with Crippen LogP contribution in [0.15, 0.2) is 0 Å². The molecule has 0 bridgehead atoms. The van der Waals surface area contributed by atoms with Gasteiger partial charge in [0, 0.05) is 19.6 Å². The summed E-state index contributed by atoms with van der Waals surface area (Å²) in [5.74, 6) is 0.136. The molecule has 0 spiro atoms. The summed E-state index contributed by atoms with van der Waals surface area (Å²) in [6.45, 7) is 4.69. The van der Waals surface area contributed by atoms with Gasteiger partial charge in [0.1, 0.15) is 0 Å². The SMILES string of the molecule is CCS(=O)(=O)N1CC(C)OC(CN)C1. The van der Waals surface area contributed by atoms with Crippen LogP contribution in [0, 0.1) is 0 Å². The van der Waals surface area contributed by atoms with E-state index in [-0.39, 0.29) is 18.0 Å². The number of hydrogen-bond acceptors (Lipinski definition) is 4. The van der Waals surface area contributed by atoms with Crippen LogP contribution in [0.4, 0.5) is 0 Å². The van der Waals surface area contributed by atoms with Gasteiger partial charge in [-0.15, -0.1) is 0 Å². The second kappa shape index (κ2) is 4.57. The van der Waals surface area contributed by atoms with E-state index in [0.29, 0.717) is 19.6 Å². The molecule has 0 aromatic carbocycles. The monoisotopic (exact) mass is 222 g/mol. The van der Waals surface area contributed by atoms with Crippen molar-refractivity contribution in [3.05, 3.63) is 0 Å². The quantitative estimate of drug-likeness (QED) is 0.691. The number of ether oxygens (including phenoxy) is 1. The van der Waals surface area contributed by atoms with E-state index >= 15 is 0 Å². The number of nitrogens with two attached hydrogens (primary N) is 1. The van der Waals surface area contributed by atoms with Gasteiger partial charge >= 0.3 is 0 Å². The van der Waals surface area contributed by atoms with E-state index in [1.54, 1.807) is 6.92 Å². The molecule has 6 heteroatoms. The minimum atomic E-state index is -3.10. The van der Waals surface area contributed by atoms with Gasteiger partial charge in [-0.05, 0) is 13.8 Å². The van der Waals surface area contributed by atoms with Crippen LogP contribution in [0.3, 0.4) is 0 Å². The van der Waals surface area contributed by atoms with Gasteiger partial charge < -0.3 is 10.5 Å². The lowest BCUT2D eigenvalue weighted by Crippen LogP contribution is -2.51. The Labute approximate surface area is 85.3 Å². The highest BCUT2D eigenvalue weighted by Crippen LogP contribution is 2.14. The smallest absolute Gasteiger partial charge is 0.214 e. The molecule has 0 aromatic rings. The first-order valence-corrected chi connectivity index (χ1v) is 6.44. The number of hydrogen-bond donors (Lipinski definition) is 1. The van der Waals surface area contributed by atoms with Crippen LogP contribution in [-0.2, 0) is 14.8 Å². The lowest BCUT2D eigenvalue weighted by Gasteiger charge is -2.35. The van der Waals surface area contributed by atoms with E-state index in [1.165, 1.54) is 4.31 Å². The number of nitrogens with zero attached hydrogens (tertiary/aromatic N) is 1.